The fourth-order valence-electron chi connectivity index (χ4n) is 1.85. The minimum Gasteiger partial charge on any atom is -0.344 e. The van der Waals surface area contributed by atoms with Crippen LogP contribution in [0.4, 0.5) is 0 Å². The lowest BCUT2D eigenvalue weighted by Crippen LogP contribution is -2.34. The fourth-order valence-corrected chi connectivity index (χ4v) is 1.85. The average Bonchev–Trinajstić information content (AvgIpc) is 2.42. The predicted molar refractivity (Wildman–Crippen MR) is 72.6 cm³/mol. The van der Waals surface area contributed by atoms with Gasteiger partial charge in [-0.05, 0) is 13.0 Å². The number of nitrogens with zero attached hydrogens (tertiary/aromatic N) is 2. The number of benzene rings is 1. The van der Waals surface area contributed by atoms with Gasteiger partial charge in [0.15, 0.2) is 0 Å². The van der Waals surface area contributed by atoms with E-state index in [1.165, 1.54) is 0 Å². The number of aryl methyl sites for hydroxylation is 1. The highest BCUT2D eigenvalue weighted by atomic mass is 16.2. The number of carbonyl (C=O) groups is 1. The first kappa shape index (κ1) is 12.8. The number of rotatable bonds is 3. The summed E-state index contributed by atoms with van der Waals surface area (Å²) in [5.74, 6) is 1.97. The second-order valence-electron chi connectivity index (χ2n) is 4.07. The smallest absolute Gasteiger partial charge is 0.275 e. The molecule has 0 aliphatic rings. The zero-order valence-corrected chi connectivity index (χ0v) is 10.5. The van der Waals surface area contributed by atoms with Crippen LogP contribution in [0.25, 0.3) is 10.8 Å². The molecule has 0 saturated carbocycles. The SMILES string of the molecule is C#CCNC(=O)Cn1nc(C)c2ccccc2c1=O. The summed E-state index contributed by atoms with van der Waals surface area (Å²) in [7, 11) is 0. The molecule has 0 radical (unpaired) electrons. The van der Waals surface area contributed by atoms with Crippen LogP contribution in [0, 0.1) is 19.3 Å². The summed E-state index contributed by atoms with van der Waals surface area (Å²) in [5.41, 5.74) is 0.428. The molecule has 2 rings (SSSR count). The Bertz CT molecular complexity index is 726. The number of fused-ring (bicyclic) bond motifs is 1. The maximum atomic E-state index is 12.2. The van der Waals surface area contributed by atoms with Crippen molar-refractivity contribution >= 4 is 16.7 Å². The average molecular weight is 255 g/mol. The molecular weight excluding hydrogens is 242 g/mol. The largest absolute Gasteiger partial charge is 0.344 e. The van der Waals surface area contributed by atoms with Gasteiger partial charge in [0, 0.05) is 5.39 Å². The standard InChI is InChI=1S/C14H13N3O2/c1-3-8-15-13(18)9-17-14(19)12-7-5-4-6-11(12)10(2)16-17/h1,4-7H,8-9H2,2H3,(H,15,18). The van der Waals surface area contributed by atoms with Crippen LogP contribution in [0.15, 0.2) is 29.1 Å². The Morgan fingerprint density at radius 3 is 2.79 bits per heavy atom. The van der Waals surface area contributed by atoms with Gasteiger partial charge in [-0.25, -0.2) is 4.68 Å². The highest BCUT2D eigenvalue weighted by Crippen LogP contribution is 2.11. The minimum absolute atomic E-state index is 0.133. The maximum Gasteiger partial charge on any atom is 0.275 e. The number of nitrogens with one attached hydrogen (secondary N) is 1. The number of amides is 1. The second kappa shape index (κ2) is 5.36. The number of hydrogen-bond acceptors (Lipinski definition) is 3. The van der Waals surface area contributed by atoms with Gasteiger partial charge in [0.05, 0.1) is 17.6 Å². The summed E-state index contributed by atoms with van der Waals surface area (Å²) in [6.45, 7) is 1.81. The van der Waals surface area contributed by atoms with Gasteiger partial charge >= 0.3 is 0 Å². The van der Waals surface area contributed by atoms with E-state index < -0.39 is 0 Å². The van der Waals surface area contributed by atoms with Crippen molar-refractivity contribution in [2.75, 3.05) is 6.54 Å². The van der Waals surface area contributed by atoms with Gasteiger partial charge in [-0.15, -0.1) is 6.42 Å². The van der Waals surface area contributed by atoms with Gasteiger partial charge in [-0.1, -0.05) is 24.1 Å². The Kier molecular flexibility index (Phi) is 3.62. The Morgan fingerprint density at radius 2 is 2.11 bits per heavy atom. The van der Waals surface area contributed by atoms with E-state index in [-0.39, 0.29) is 24.6 Å². The molecule has 1 heterocycles. The van der Waals surface area contributed by atoms with Crippen LogP contribution in [0.1, 0.15) is 5.69 Å². The molecule has 5 nitrogen and oxygen atoms in total. The van der Waals surface area contributed by atoms with Crippen LogP contribution in [-0.4, -0.2) is 22.2 Å². The molecule has 1 N–H and O–H groups in total. The third-order valence-electron chi connectivity index (χ3n) is 2.73. The molecule has 1 amide bonds. The van der Waals surface area contributed by atoms with Crippen LogP contribution in [-0.2, 0) is 11.3 Å². The zero-order chi connectivity index (χ0) is 13.8. The van der Waals surface area contributed by atoms with Gasteiger partial charge in [0.1, 0.15) is 6.54 Å². The van der Waals surface area contributed by atoms with Crippen molar-refractivity contribution in [3.05, 3.63) is 40.3 Å². The van der Waals surface area contributed by atoms with E-state index in [9.17, 15) is 9.59 Å². The Morgan fingerprint density at radius 1 is 1.42 bits per heavy atom. The lowest BCUT2D eigenvalue weighted by Gasteiger charge is -2.08. The lowest BCUT2D eigenvalue weighted by atomic mass is 10.1. The van der Waals surface area contributed by atoms with Crippen LogP contribution in [0.3, 0.4) is 0 Å². The van der Waals surface area contributed by atoms with E-state index in [0.29, 0.717) is 11.1 Å². The van der Waals surface area contributed by atoms with E-state index in [2.05, 4.69) is 16.3 Å². The molecule has 5 heteroatoms. The Labute approximate surface area is 110 Å². The molecule has 0 aliphatic carbocycles. The monoisotopic (exact) mass is 255 g/mol. The van der Waals surface area contributed by atoms with Crippen molar-refractivity contribution < 1.29 is 4.79 Å². The van der Waals surface area contributed by atoms with Crippen molar-refractivity contribution in [1.82, 2.24) is 15.1 Å². The van der Waals surface area contributed by atoms with E-state index in [0.717, 1.165) is 10.1 Å². The normalized spacial score (nSPS) is 10.1. The number of terminal acetylenes is 1. The number of carbonyl (C=O) groups excluding carboxylic acids is 1. The quantitative estimate of drug-likeness (QED) is 0.810. The molecule has 2 aromatic rings. The van der Waals surface area contributed by atoms with E-state index >= 15 is 0 Å². The topological polar surface area (TPSA) is 64.0 Å². The maximum absolute atomic E-state index is 12.2. The highest BCUT2D eigenvalue weighted by Gasteiger charge is 2.09. The first-order valence-electron chi connectivity index (χ1n) is 5.80. The summed E-state index contributed by atoms with van der Waals surface area (Å²) < 4.78 is 1.16. The Balaban J connectivity index is 2.40. The van der Waals surface area contributed by atoms with Crippen LogP contribution < -0.4 is 10.9 Å². The summed E-state index contributed by atoms with van der Waals surface area (Å²) in [6, 6.07) is 7.19. The fraction of sp³-hybridized carbons (Fsp3) is 0.214. The molecule has 96 valence electrons. The molecule has 1 aromatic heterocycles. The number of aromatic nitrogens is 2. The molecular formula is C14H13N3O2. The lowest BCUT2D eigenvalue weighted by molar-refractivity contribution is -0.121. The van der Waals surface area contributed by atoms with Crippen molar-refractivity contribution in [1.29, 1.82) is 0 Å². The van der Waals surface area contributed by atoms with Crippen LogP contribution in [0.5, 0.6) is 0 Å². The second-order valence-corrected chi connectivity index (χ2v) is 4.07. The molecule has 0 bridgehead atoms. The third-order valence-corrected chi connectivity index (χ3v) is 2.73. The first-order valence-corrected chi connectivity index (χ1v) is 5.80. The van der Waals surface area contributed by atoms with Gasteiger partial charge in [-0.3, -0.25) is 9.59 Å². The van der Waals surface area contributed by atoms with Gasteiger partial charge in [0.25, 0.3) is 5.56 Å². The van der Waals surface area contributed by atoms with E-state index in [1.54, 1.807) is 19.1 Å². The van der Waals surface area contributed by atoms with Gasteiger partial charge in [0.2, 0.25) is 5.91 Å². The summed E-state index contributed by atoms with van der Waals surface area (Å²) in [6.07, 6.45) is 5.05. The molecule has 0 fully saturated rings. The first-order chi connectivity index (χ1) is 9.13. The van der Waals surface area contributed by atoms with Crippen molar-refractivity contribution in [2.45, 2.75) is 13.5 Å². The summed E-state index contributed by atoms with van der Waals surface area (Å²) >= 11 is 0. The summed E-state index contributed by atoms with van der Waals surface area (Å²) in [5, 5.41) is 8.00. The van der Waals surface area contributed by atoms with Gasteiger partial charge in [-0.2, -0.15) is 5.10 Å². The van der Waals surface area contributed by atoms with Crippen molar-refractivity contribution in [3.8, 4) is 12.3 Å². The van der Waals surface area contributed by atoms with Crippen molar-refractivity contribution in [2.24, 2.45) is 0 Å². The third kappa shape index (κ3) is 2.63. The zero-order valence-electron chi connectivity index (χ0n) is 10.5. The van der Waals surface area contributed by atoms with Crippen molar-refractivity contribution in [3.63, 3.8) is 0 Å². The van der Waals surface area contributed by atoms with Crippen LogP contribution >= 0.6 is 0 Å². The highest BCUT2D eigenvalue weighted by molar-refractivity contribution is 5.83. The van der Waals surface area contributed by atoms with Crippen LogP contribution in [0.2, 0.25) is 0 Å². The molecule has 0 unspecified atom stereocenters. The summed E-state index contributed by atoms with van der Waals surface area (Å²) in [4.78, 5) is 23.7. The molecule has 0 saturated heterocycles. The molecule has 0 aliphatic heterocycles. The molecule has 0 atom stereocenters. The molecule has 0 spiro atoms. The van der Waals surface area contributed by atoms with E-state index in [4.69, 9.17) is 6.42 Å². The number of hydrogen-bond donors (Lipinski definition) is 1. The Hall–Kier alpha value is -2.61. The minimum atomic E-state index is -0.331. The van der Waals surface area contributed by atoms with E-state index in [1.807, 2.05) is 12.1 Å². The molecule has 19 heavy (non-hydrogen) atoms. The molecule has 1 aromatic carbocycles. The predicted octanol–water partition coefficient (Wildman–Crippen LogP) is 0.454. The van der Waals surface area contributed by atoms with Gasteiger partial charge < -0.3 is 5.32 Å².